The van der Waals surface area contributed by atoms with Gasteiger partial charge in [0.1, 0.15) is 6.10 Å². The van der Waals surface area contributed by atoms with Crippen molar-refractivity contribution in [2.24, 2.45) is 0 Å². The lowest BCUT2D eigenvalue weighted by Gasteiger charge is -2.38. The van der Waals surface area contributed by atoms with E-state index in [0.29, 0.717) is 6.61 Å². The second kappa shape index (κ2) is 7.06. The minimum Gasteiger partial charge on any atom is -0.470 e. The van der Waals surface area contributed by atoms with E-state index in [1.165, 1.54) is 11.6 Å². The number of piperidine rings is 1. The van der Waals surface area contributed by atoms with Crippen LogP contribution in [0.2, 0.25) is 0 Å². The number of halogens is 1. The number of rotatable bonds is 4. The lowest BCUT2D eigenvalue weighted by molar-refractivity contribution is -0.0455. The van der Waals surface area contributed by atoms with Crippen molar-refractivity contribution in [3.63, 3.8) is 0 Å². The van der Waals surface area contributed by atoms with Gasteiger partial charge in [-0.05, 0) is 36.6 Å². The number of likely N-dealkylation sites (tertiary alicyclic amines) is 1. The Morgan fingerprint density at radius 3 is 2.84 bits per heavy atom. The fraction of sp³-hybridized carbons (Fsp3) is 0.474. The quantitative estimate of drug-likeness (QED) is 0.854. The van der Waals surface area contributed by atoms with E-state index in [1.807, 2.05) is 12.3 Å². The van der Waals surface area contributed by atoms with Crippen molar-refractivity contribution in [1.29, 1.82) is 0 Å². The minimum absolute atomic E-state index is 0.0714. The van der Waals surface area contributed by atoms with Crippen molar-refractivity contribution in [3.8, 4) is 5.88 Å². The van der Waals surface area contributed by atoms with Gasteiger partial charge in [0.15, 0.2) is 5.82 Å². The van der Waals surface area contributed by atoms with Gasteiger partial charge in [-0.1, -0.05) is 6.07 Å². The standard InChI is InChI=1S/C19H22FN3O2/c20-17-4-2-8-22-18(17)25-16-11-19(24-14-16)5-9-23(10-6-19)13-15-3-1-7-21-12-15/h1-4,7-8,12,16H,5-6,9-11,13-14H2/t16-/m1/s1. The predicted molar refractivity (Wildman–Crippen MR) is 90.7 cm³/mol. The summed E-state index contributed by atoms with van der Waals surface area (Å²) in [6.07, 6.45) is 7.86. The van der Waals surface area contributed by atoms with E-state index in [0.717, 1.165) is 38.9 Å². The maximum atomic E-state index is 13.7. The predicted octanol–water partition coefficient (Wildman–Crippen LogP) is 2.82. The fourth-order valence-electron chi connectivity index (χ4n) is 3.71. The summed E-state index contributed by atoms with van der Waals surface area (Å²) in [6.45, 7) is 3.39. The van der Waals surface area contributed by atoms with Crippen LogP contribution in [-0.2, 0) is 11.3 Å². The Bertz CT molecular complexity index is 705. The number of hydrogen-bond acceptors (Lipinski definition) is 5. The zero-order chi connectivity index (χ0) is 17.1. The summed E-state index contributed by atoms with van der Waals surface area (Å²) in [5, 5.41) is 0. The van der Waals surface area contributed by atoms with Crippen LogP contribution >= 0.6 is 0 Å². The van der Waals surface area contributed by atoms with Gasteiger partial charge in [0.2, 0.25) is 0 Å². The highest BCUT2D eigenvalue weighted by molar-refractivity contribution is 5.14. The zero-order valence-electron chi connectivity index (χ0n) is 14.1. The average molecular weight is 343 g/mol. The Balaban J connectivity index is 1.31. The Kier molecular flexibility index (Phi) is 4.63. The number of pyridine rings is 2. The molecule has 0 amide bonds. The molecule has 0 saturated carbocycles. The van der Waals surface area contributed by atoms with E-state index >= 15 is 0 Å². The molecule has 2 aromatic rings. The molecule has 2 fully saturated rings. The SMILES string of the molecule is Fc1cccnc1O[C@H]1COC2(CCN(Cc3cccnc3)CC2)C1. The van der Waals surface area contributed by atoms with Gasteiger partial charge < -0.3 is 9.47 Å². The summed E-state index contributed by atoms with van der Waals surface area (Å²) in [7, 11) is 0. The van der Waals surface area contributed by atoms with Crippen LogP contribution in [0.25, 0.3) is 0 Å². The van der Waals surface area contributed by atoms with Crippen LogP contribution in [0, 0.1) is 5.82 Å². The molecule has 2 aliphatic heterocycles. The first-order valence-electron chi connectivity index (χ1n) is 8.75. The number of ether oxygens (including phenoxy) is 2. The van der Waals surface area contributed by atoms with E-state index in [1.54, 1.807) is 18.5 Å². The van der Waals surface area contributed by atoms with E-state index < -0.39 is 5.82 Å². The van der Waals surface area contributed by atoms with Gasteiger partial charge >= 0.3 is 0 Å². The van der Waals surface area contributed by atoms with E-state index in [-0.39, 0.29) is 17.6 Å². The van der Waals surface area contributed by atoms with Gasteiger partial charge in [0, 0.05) is 44.6 Å². The van der Waals surface area contributed by atoms with Crippen LogP contribution in [0.5, 0.6) is 5.88 Å². The molecule has 4 rings (SSSR count). The highest BCUT2D eigenvalue weighted by Gasteiger charge is 2.43. The first-order valence-corrected chi connectivity index (χ1v) is 8.75. The van der Waals surface area contributed by atoms with Crippen molar-refractivity contribution in [2.75, 3.05) is 19.7 Å². The minimum atomic E-state index is -0.422. The van der Waals surface area contributed by atoms with Crippen LogP contribution in [0.4, 0.5) is 4.39 Å². The molecule has 0 bridgehead atoms. The second-order valence-electron chi connectivity index (χ2n) is 6.87. The molecule has 0 unspecified atom stereocenters. The van der Waals surface area contributed by atoms with Crippen molar-refractivity contribution in [2.45, 2.75) is 37.5 Å². The van der Waals surface area contributed by atoms with Crippen LogP contribution in [0.1, 0.15) is 24.8 Å². The molecule has 4 heterocycles. The van der Waals surface area contributed by atoms with Gasteiger partial charge in [-0.2, -0.15) is 0 Å². The largest absolute Gasteiger partial charge is 0.470 e. The van der Waals surface area contributed by atoms with Gasteiger partial charge in [-0.3, -0.25) is 9.88 Å². The molecule has 5 nitrogen and oxygen atoms in total. The van der Waals surface area contributed by atoms with Crippen LogP contribution < -0.4 is 4.74 Å². The molecule has 1 atom stereocenters. The average Bonchev–Trinajstić information content (AvgIpc) is 3.03. The molecular formula is C19H22FN3O2. The molecule has 0 aromatic carbocycles. The van der Waals surface area contributed by atoms with Crippen LogP contribution in [-0.4, -0.2) is 46.3 Å². The normalized spacial score (nSPS) is 23.0. The van der Waals surface area contributed by atoms with Crippen LogP contribution in [0.15, 0.2) is 42.9 Å². The molecule has 2 saturated heterocycles. The summed E-state index contributed by atoms with van der Waals surface area (Å²) >= 11 is 0. The Morgan fingerprint density at radius 1 is 1.24 bits per heavy atom. The lowest BCUT2D eigenvalue weighted by Crippen LogP contribution is -2.44. The number of aromatic nitrogens is 2. The van der Waals surface area contributed by atoms with Crippen molar-refractivity contribution in [3.05, 3.63) is 54.2 Å². The number of nitrogens with zero attached hydrogens (tertiary/aromatic N) is 3. The summed E-state index contributed by atoms with van der Waals surface area (Å²) < 4.78 is 25.5. The Hall–Kier alpha value is -2.05. The number of hydrogen-bond donors (Lipinski definition) is 0. The molecule has 1 spiro atoms. The Morgan fingerprint density at radius 2 is 2.08 bits per heavy atom. The van der Waals surface area contributed by atoms with E-state index in [2.05, 4.69) is 20.9 Å². The monoisotopic (exact) mass is 343 g/mol. The smallest absolute Gasteiger partial charge is 0.250 e. The summed E-state index contributed by atoms with van der Waals surface area (Å²) in [5.41, 5.74) is 1.10. The van der Waals surface area contributed by atoms with Gasteiger partial charge in [-0.25, -0.2) is 9.37 Å². The van der Waals surface area contributed by atoms with E-state index in [4.69, 9.17) is 9.47 Å². The second-order valence-corrected chi connectivity index (χ2v) is 6.87. The molecule has 25 heavy (non-hydrogen) atoms. The summed E-state index contributed by atoms with van der Waals surface area (Å²) in [5.74, 6) is -0.350. The van der Waals surface area contributed by atoms with E-state index in [9.17, 15) is 4.39 Å². The molecule has 0 aliphatic carbocycles. The lowest BCUT2D eigenvalue weighted by atomic mass is 9.88. The molecule has 2 aliphatic rings. The highest BCUT2D eigenvalue weighted by Crippen LogP contribution is 2.37. The summed E-state index contributed by atoms with van der Waals surface area (Å²) in [4.78, 5) is 10.6. The molecule has 6 heteroatoms. The molecule has 0 radical (unpaired) electrons. The topological polar surface area (TPSA) is 47.5 Å². The zero-order valence-corrected chi connectivity index (χ0v) is 14.1. The van der Waals surface area contributed by atoms with Gasteiger partial charge in [-0.15, -0.1) is 0 Å². The van der Waals surface area contributed by atoms with Crippen molar-refractivity contribution < 1.29 is 13.9 Å². The first kappa shape index (κ1) is 16.4. The first-order chi connectivity index (χ1) is 12.2. The molecule has 132 valence electrons. The third-order valence-electron chi connectivity index (χ3n) is 5.07. The maximum absolute atomic E-state index is 13.7. The van der Waals surface area contributed by atoms with Crippen LogP contribution in [0.3, 0.4) is 0 Å². The third-order valence-corrected chi connectivity index (χ3v) is 5.07. The van der Waals surface area contributed by atoms with Crippen molar-refractivity contribution in [1.82, 2.24) is 14.9 Å². The molecule has 0 N–H and O–H groups in total. The summed E-state index contributed by atoms with van der Waals surface area (Å²) in [6, 6.07) is 7.01. The third kappa shape index (κ3) is 3.80. The van der Waals surface area contributed by atoms with Gasteiger partial charge in [0.05, 0.1) is 12.2 Å². The highest BCUT2D eigenvalue weighted by atomic mass is 19.1. The maximum Gasteiger partial charge on any atom is 0.250 e. The van der Waals surface area contributed by atoms with Crippen molar-refractivity contribution >= 4 is 0 Å². The van der Waals surface area contributed by atoms with Gasteiger partial charge in [0.25, 0.3) is 5.88 Å². The fourth-order valence-corrected chi connectivity index (χ4v) is 3.71. The molecule has 2 aromatic heterocycles. The molecular weight excluding hydrogens is 321 g/mol. The Labute approximate surface area is 146 Å².